The Morgan fingerprint density at radius 3 is 2.36 bits per heavy atom. The summed E-state index contributed by atoms with van der Waals surface area (Å²) in [5.74, 6) is 0.309. The molecule has 2 N–H and O–H groups in total. The van der Waals surface area contributed by atoms with Gasteiger partial charge < -0.3 is 15.2 Å². The third kappa shape index (κ3) is 3.03. The predicted octanol–water partition coefficient (Wildman–Crippen LogP) is 2.20. The summed E-state index contributed by atoms with van der Waals surface area (Å²) in [7, 11) is 1.55. The van der Waals surface area contributed by atoms with Crippen LogP contribution < -0.4 is 10.1 Å². The van der Waals surface area contributed by atoms with Crippen LogP contribution in [0.5, 0.6) is 11.5 Å². The third-order valence-electron chi connectivity index (χ3n) is 4.05. The number of hydrogen-bond donors (Lipinski definition) is 2. The zero-order chi connectivity index (χ0) is 18.0. The maximum atomic E-state index is 12.7. The van der Waals surface area contributed by atoms with Crippen LogP contribution in [0.25, 0.3) is 0 Å². The molecule has 1 aliphatic heterocycles. The van der Waals surface area contributed by atoms with Crippen LogP contribution in [0.3, 0.4) is 0 Å². The molecular weight excluding hydrogens is 322 g/mol. The molecule has 2 aromatic carbocycles. The van der Waals surface area contributed by atoms with E-state index in [1.807, 2.05) is 0 Å². The molecule has 1 atom stereocenters. The lowest BCUT2D eigenvalue weighted by Crippen LogP contribution is -2.40. The Hall–Kier alpha value is -3.35. The highest BCUT2D eigenvalue weighted by Crippen LogP contribution is 2.30. The summed E-state index contributed by atoms with van der Waals surface area (Å²) in [5.41, 5.74) is 0.0841. The number of amides is 3. The topological polar surface area (TPSA) is 91.2 Å². The molecule has 1 fully saturated rings. The number of rotatable bonds is 4. The van der Waals surface area contributed by atoms with Crippen molar-refractivity contribution in [2.24, 2.45) is 5.10 Å². The zero-order valence-corrected chi connectivity index (χ0v) is 13.8. The number of phenols is 1. The Bertz CT molecular complexity index is 830. The van der Waals surface area contributed by atoms with Crippen LogP contribution in [-0.4, -0.2) is 35.4 Å². The molecule has 3 rings (SSSR count). The van der Waals surface area contributed by atoms with Gasteiger partial charge in [-0.2, -0.15) is 5.10 Å². The summed E-state index contributed by atoms with van der Waals surface area (Å²) >= 11 is 0. The van der Waals surface area contributed by atoms with E-state index in [0.717, 1.165) is 5.01 Å². The molecule has 2 aromatic rings. The van der Waals surface area contributed by atoms with Crippen LogP contribution in [0.1, 0.15) is 18.1 Å². The number of phenolic OH excluding ortho intramolecular Hbond substituents is 1. The highest BCUT2D eigenvalue weighted by molar-refractivity contribution is 6.07. The Kier molecular flexibility index (Phi) is 4.14. The van der Waals surface area contributed by atoms with E-state index >= 15 is 0 Å². The molecule has 7 nitrogen and oxygen atoms in total. The van der Waals surface area contributed by atoms with Crippen molar-refractivity contribution in [3.8, 4) is 11.5 Å². The fourth-order valence-corrected chi connectivity index (χ4v) is 2.53. The lowest BCUT2D eigenvalue weighted by molar-refractivity contribution is -0.131. The van der Waals surface area contributed by atoms with Crippen molar-refractivity contribution in [2.45, 2.75) is 12.5 Å². The van der Waals surface area contributed by atoms with Crippen molar-refractivity contribution in [2.75, 3.05) is 7.11 Å². The van der Waals surface area contributed by atoms with Gasteiger partial charge in [-0.25, -0.2) is 4.79 Å². The van der Waals surface area contributed by atoms with Gasteiger partial charge in [0.1, 0.15) is 17.0 Å². The molecular formula is C18H17N3O4. The molecule has 0 bridgehead atoms. The molecule has 1 heterocycles. The van der Waals surface area contributed by atoms with E-state index in [2.05, 4.69) is 10.4 Å². The van der Waals surface area contributed by atoms with Crippen molar-refractivity contribution in [1.29, 1.82) is 0 Å². The van der Waals surface area contributed by atoms with E-state index in [1.165, 1.54) is 18.3 Å². The number of carbonyl (C=O) groups excluding carboxylic acids is 2. The normalized spacial score (nSPS) is 20.2. The monoisotopic (exact) mass is 339 g/mol. The van der Waals surface area contributed by atoms with Gasteiger partial charge in [-0.3, -0.25) is 4.79 Å². The van der Waals surface area contributed by atoms with Crippen LogP contribution in [0.2, 0.25) is 0 Å². The van der Waals surface area contributed by atoms with Gasteiger partial charge in [0.2, 0.25) is 0 Å². The second kappa shape index (κ2) is 6.27. The van der Waals surface area contributed by atoms with E-state index in [0.29, 0.717) is 16.9 Å². The number of methoxy groups -OCH3 is 1. The van der Waals surface area contributed by atoms with E-state index < -0.39 is 17.5 Å². The van der Waals surface area contributed by atoms with E-state index in [1.54, 1.807) is 50.4 Å². The summed E-state index contributed by atoms with van der Waals surface area (Å²) in [6.45, 7) is 1.63. The Morgan fingerprint density at radius 1 is 1.12 bits per heavy atom. The molecule has 0 aromatic heterocycles. The van der Waals surface area contributed by atoms with Gasteiger partial charge in [-0.15, -0.1) is 5.01 Å². The summed E-state index contributed by atoms with van der Waals surface area (Å²) in [5, 5.41) is 16.7. The zero-order valence-electron chi connectivity index (χ0n) is 13.8. The second-order valence-electron chi connectivity index (χ2n) is 5.74. The van der Waals surface area contributed by atoms with Crippen LogP contribution in [0.4, 0.5) is 4.79 Å². The molecule has 0 aliphatic carbocycles. The first kappa shape index (κ1) is 16.5. The van der Waals surface area contributed by atoms with E-state index in [9.17, 15) is 14.7 Å². The lowest BCUT2D eigenvalue weighted by Gasteiger charge is -2.21. The summed E-state index contributed by atoms with van der Waals surface area (Å²) < 4.78 is 5.11. The van der Waals surface area contributed by atoms with Crippen molar-refractivity contribution < 1.29 is 19.4 Å². The number of hydrazone groups is 1. The number of ether oxygens (including phenoxy) is 1. The van der Waals surface area contributed by atoms with E-state index in [-0.39, 0.29) is 5.75 Å². The molecule has 1 unspecified atom stereocenters. The van der Waals surface area contributed by atoms with Crippen LogP contribution in [0, 0.1) is 0 Å². The van der Waals surface area contributed by atoms with Crippen molar-refractivity contribution >= 4 is 18.2 Å². The number of benzene rings is 2. The summed E-state index contributed by atoms with van der Waals surface area (Å²) in [6.07, 6.45) is 1.39. The molecule has 1 saturated heterocycles. The smallest absolute Gasteiger partial charge is 0.346 e. The molecule has 0 radical (unpaired) electrons. The second-order valence-corrected chi connectivity index (χ2v) is 5.74. The Balaban J connectivity index is 1.84. The standard InChI is InChI=1S/C18H17N3O4/c1-18(13-5-9-15(25-2)10-6-13)16(23)21(17(24)20-18)19-11-12-3-7-14(22)8-4-12/h3-11,22H,1-2H3,(H,20,24)/b19-11+. The van der Waals surface area contributed by atoms with Gasteiger partial charge in [0, 0.05) is 0 Å². The molecule has 1 aliphatic rings. The average molecular weight is 339 g/mol. The minimum Gasteiger partial charge on any atom is -0.508 e. The number of nitrogens with zero attached hydrogens (tertiary/aromatic N) is 2. The summed E-state index contributed by atoms with van der Waals surface area (Å²) in [4.78, 5) is 24.9. The maximum absolute atomic E-state index is 12.7. The first-order chi connectivity index (χ1) is 11.9. The molecule has 25 heavy (non-hydrogen) atoms. The third-order valence-corrected chi connectivity index (χ3v) is 4.05. The van der Waals surface area contributed by atoms with Crippen molar-refractivity contribution in [1.82, 2.24) is 10.3 Å². The predicted molar refractivity (Wildman–Crippen MR) is 91.4 cm³/mol. The largest absolute Gasteiger partial charge is 0.508 e. The SMILES string of the molecule is COc1ccc(C2(C)NC(=O)N(/N=C/c3ccc(O)cc3)C2=O)cc1. The maximum Gasteiger partial charge on any atom is 0.346 e. The fourth-order valence-electron chi connectivity index (χ4n) is 2.53. The van der Waals surface area contributed by atoms with Crippen LogP contribution in [-0.2, 0) is 10.3 Å². The van der Waals surface area contributed by atoms with Crippen LogP contribution >= 0.6 is 0 Å². The Labute approximate surface area is 144 Å². The quantitative estimate of drug-likeness (QED) is 0.660. The van der Waals surface area contributed by atoms with Crippen molar-refractivity contribution in [3.05, 3.63) is 59.7 Å². The van der Waals surface area contributed by atoms with Gasteiger partial charge in [0.25, 0.3) is 5.91 Å². The van der Waals surface area contributed by atoms with Gasteiger partial charge >= 0.3 is 6.03 Å². The van der Waals surface area contributed by atoms with Crippen molar-refractivity contribution in [3.63, 3.8) is 0 Å². The highest BCUT2D eigenvalue weighted by Gasteiger charge is 2.49. The van der Waals surface area contributed by atoms with Crippen LogP contribution in [0.15, 0.2) is 53.6 Å². The summed E-state index contributed by atoms with van der Waals surface area (Å²) in [6, 6.07) is 12.5. The van der Waals surface area contributed by atoms with Gasteiger partial charge in [0.05, 0.1) is 13.3 Å². The first-order valence-corrected chi connectivity index (χ1v) is 7.58. The fraction of sp³-hybridized carbons (Fsp3) is 0.167. The Morgan fingerprint density at radius 2 is 1.76 bits per heavy atom. The molecule has 0 saturated carbocycles. The molecule has 128 valence electrons. The minimum atomic E-state index is -1.20. The number of carbonyl (C=O) groups is 2. The lowest BCUT2D eigenvalue weighted by atomic mass is 9.92. The number of nitrogens with one attached hydrogen (secondary N) is 1. The molecule has 0 spiro atoms. The van der Waals surface area contributed by atoms with Gasteiger partial charge in [-0.05, 0) is 54.4 Å². The highest BCUT2D eigenvalue weighted by atomic mass is 16.5. The number of imide groups is 1. The average Bonchev–Trinajstić information content (AvgIpc) is 2.84. The first-order valence-electron chi connectivity index (χ1n) is 7.58. The number of aromatic hydroxyl groups is 1. The van der Waals surface area contributed by atoms with E-state index in [4.69, 9.17) is 4.74 Å². The van der Waals surface area contributed by atoms with Gasteiger partial charge in [-0.1, -0.05) is 12.1 Å². The molecule has 3 amide bonds. The number of hydrogen-bond acceptors (Lipinski definition) is 5. The minimum absolute atomic E-state index is 0.124. The molecule has 7 heteroatoms. The number of urea groups is 1. The van der Waals surface area contributed by atoms with Gasteiger partial charge in [0.15, 0.2) is 0 Å².